The van der Waals surface area contributed by atoms with Crippen molar-refractivity contribution >= 4 is 28.2 Å². The summed E-state index contributed by atoms with van der Waals surface area (Å²) >= 11 is 1.33. The molecular weight excluding hydrogens is 324 g/mol. The fourth-order valence-corrected chi connectivity index (χ4v) is 3.42. The SMILES string of the molecule is Cn1cc(CC(=O)Nc2sc(-c3ccccc3)cc2C(N)=O)cn1. The molecule has 0 saturated carbocycles. The number of nitrogens with two attached hydrogens (primary N) is 1. The standard InChI is InChI=1S/C17H16N4O2S/c1-21-10-11(9-19-21)7-15(22)20-17-13(16(18)23)8-14(24-17)12-5-3-2-4-6-12/h2-6,8-10H,7H2,1H3,(H2,18,23)(H,20,22). The average molecular weight is 340 g/mol. The Hall–Kier alpha value is -2.93. The average Bonchev–Trinajstić information content (AvgIpc) is 3.14. The van der Waals surface area contributed by atoms with E-state index in [1.807, 2.05) is 30.3 Å². The highest BCUT2D eigenvalue weighted by molar-refractivity contribution is 7.20. The van der Waals surface area contributed by atoms with Crippen LogP contribution in [0.2, 0.25) is 0 Å². The molecule has 0 aliphatic carbocycles. The van der Waals surface area contributed by atoms with Crippen molar-refractivity contribution in [2.45, 2.75) is 6.42 Å². The number of carbonyl (C=O) groups excluding carboxylic acids is 2. The lowest BCUT2D eigenvalue weighted by Crippen LogP contribution is -2.17. The molecule has 1 aromatic carbocycles. The molecule has 6 nitrogen and oxygen atoms in total. The Morgan fingerprint density at radius 2 is 2.04 bits per heavy atom. The first-order chi connectivity index (χ1) is 11.5. The summed E-state index contributed by atoms with van der Waals surface area (Å²) in [4.78, 5) is 24.8. The zero-order chi connectivity index (χ0) is 17.1. The summed E-state index contributed by atoms with van der Waals surface area (Å²) in [6.45, 7) is 0. The maximum absolute atomic E-state index is 12.2. The number of primary amides is 1. The van der Waals surface area contributed by atoms with E-state index in [0.29, 0.717) is 10.6 Å². The van der Waals surface area contributed by atoms with E-state index in [2.05, 4.69) is 10.4 Å². The molecule has 0 spiro atoms. The maximum Gasteiger partial charge on any atom is 0.251 e. The molecule has 0 bridgehead atoms. The van der Waals surface area contributed by atoms with Crippen LogP contribution in [0.3, 0.4) is 0 Å². The van der Waals surface area contributed by atoms with E-state index in [9.17, 15) is 9.59 Å². The predicted octanol–water partition coefficient (Wildman–Crippen LogP) is 2.43. The third-order valence-corrected chi connectivity index (χ3v) is 4.53. The van der Waals surface area contributed by atoms with Crippen LogP contribution < -0.4 is 11.1 Å². The van der Waals surface area contributed by atoms with Gasteiger partial charge in [-0.15, -0.1) is 11.3 Å². The largest absolute Gasteiger partial charge is 0.366 e. The highest BCUT2D eigenvalue weighted by atomic mass is 32.1. The van der Waals surface area contributed by atoms with Crippen LogP contribution in [0.5, 0.6) is 0 Å². The molecule has 2 heterocycles. The Morgan fingerprint density at radius 1 is 1.29 bits per heavy atom. The lowest BCUT2D eigenvalue weighted by Gasteiger charge is -2.03. The van der Waals surface area contributed by atoms with Gasteiger partial charge in [0.1, 0.15) is 5.00 Å². The van der Waals surface area contributed by atoms with Crippen LogP contribution in [0.25, 0.3) is 10.4 Å². The molecule has 0 aliphatic rings. The maximum atomic E-state index is 12.2. The van der Waals surface area contributed by atoms with E-state index in [-0.39, 0.29) is 12.3 Å². The number of nitrogens with one attached hydrogen (secondary N) is 1. The van der Waals surface area contributed by atoms with E-state index < -0.39 is 5.91 Å². The molecule has 0 unspecified atom stereocenters. The number of aromatic nitrogens is 2. The summed E-state index contributed by atoms with van der Waals surface area (Å²) < 4.78 is 1.64. The number of anilines is 1. The van der Waals surface area contributed by atoms with Crippen LogP contribution in [0.4, 0.5) is 5.00 Å². The van der Waals surface area contributed by atoms with Crippen LogP contribution in [0.15, 0.2) is 48.8 Å². The molecule has 0 saturated heterocycles. The van der Waals surface area contributed by atoms with Gasteiger partial charge in [0.25, 0.3) is 5.91 Å². The topological polar surface area (TPSA) is 90.0 Å². The van der Waals surface area contributed by atoms with Crippen molar-refractivity contribution in [3.63, 3.8) is 0 Å². The number of hydrogen-bond acceptors (Lipinski definition) is 4. The molecule has 0 aliphatic heterocycles. The van der Waals surface area contributed by atoms with Crippen molar-refractivity contribution in [3.8, 4) is 10.4 Å². The van der Waals surface area contributed by atoms with E-state index in [4.69, 9.17) is 5.73 Å². The molecule has 3 aromatic rings. The number of thiophene rings is 1. The van der Waals surface area contributed by atoms with Crippen LogP contribution >= 0.6 is 11.3 Å². The molecule has 7 heteroatoms. The highest BCUT2D eigenvalue weighted by Gasteiger charge is 2.17. The molecule has 2 amide bonds. The number of amides is 2. The second kappa shape index (κ2) is 6.67. The molecule has 0 atom stereocenters. The van der Waals surface area contributed by atoms with Crippen LogP contribution in [0.1, 0.15) is 15.9 Å². The number of hydrogen-bond donors (Lipinski definition) is 2. The molecule has 24 heavy (non-hydrogen) atoms. The Bertz CT molecular complexity index is 883. The predicted molar refractivity (Wildman–Crippen MR) is 93.8 cm³/mol. The number of nitrogens with zero attached hydrogens (tertiary/aromatic N) is 2. The van der Waals surface area contributed by atoms with Crippen LogP contribution in [0, 0.1) is 0 Å². The lowest BCUT2D eigenvalue weighted by atomic mass is 10.1. The van der Waals surface area contributed by atoms with E-state index in [0.717, 1.165) is 16.0 Å². The number of rotatable bonds is 5. The van der Waals surface area contributed by atoms with Crippen molar-refractivity contribution in [1.82, 2.24) is 9.78 Å². The lowest BCUT2D eigenvalue weighted by molar-refractivity contribution is -0.115. The van der Waals surface area contributed by atoms with Crippen molar-refractivity contribution in [2.75, 3.05) is 5.32 Å². The van der Waals surface area contributed by atoms with Gasteiger partial charge in [-0.25, -0.2) is 0 Å². The summed E-state index contributed by atoms with van der Waals surface area (Å²) in [5, 5.41) is 7.28. The van der Waals surface area contributed by atoms with Gasteiger partial charge in [-0.05, 0) is 17.2 Å². The molecule has 122 valence electrons. The van der Waals surface area contributed by atoms with Gasteiger partial charge in [-0.1, -0.05) is 30.3 Å². The fraction of sp³-hybridized carbons (Fsp3) is 0.118. The summed E-state index contributed by atoms with van der Waals surface area (Å²) in [7, 11) is 1.79. The quantitative estimate of drug-likeness (QED) is 0.747. The number of benzene rings is 1. The van der Waals surface area contributed by atoms with Gasteiger partial charge in [0.05, 0.1) is 18.2 Å². The Balaban J connectivity index is 1.82. The zero-order valence-electron chi connectivity index (χ0n) is 13.0. The smallest absolute Gasteiger partial charge is 0.251 e. The van der Waals surface area contributed by atoms with Gasteiger partial charge >= 0.3 is 0 Å². The van der Waals surface area contributed by atoms with Gasteiger partial charge in [0.2, 0.25) is 5.91 Å². The van der Waals surface area contributed by atoms with Gasteiger partial charge in [-0.3, -0.25) is 14.3 Å². The highest BCUT2D eigenvalue weighted by Crippen LogP contribution is 2.35. The minimum absolute atomic E-state index is 0.185. The zero-order valence-corrected chi connectivity index (χ0v) is 13.8. The Kier molecular flexibility index (Phi) is 4.43. The monoisotopic (exact) mass is 340 g/mol. The first kappa shape index (κ1) is 15.9. The van der Waals surface area contributed by atoms with Crippen molar-refractivity contribution in [1.29, 1.82) is 0 Å². The second-order valence-corrected chi connectivity index (χ2v) is 6.38. The molecule has 3 rings (SSSR count). The Morgan fingerprint density at radius 3 is 2.67 bits per heavy atom. The van der Waals surface area contributed by atoms with Crippen LogP contribution in [-0.4, -0.2) is 21.6 Å². The minimum atomic E-state index is -0.565. The molecular formula is C17H16N4O2S. The molecule has 2 aromatic heterocycles. The summed E-state index contributed by atoms with van der Waals surface area (Å²) in [6.07, 6.45) is 3.60. The Labute approximate surface area is 142 Å². The normalized spacial score (nSPS) is 10.5. The van der Waals surface area contributed by atoms with Gasteiger partial charge < -0.3 is 11.1 Å². The second-order valence-electron chi connectivity index (χ2n) is 5.33. The summed E-state index contributed by atoms with van der Waals surface area (Å²) in [5.41, 5.74) is 7.53. The van der Waals surface area contributed by atoms with Gasteiger partial charge in [-0.2, -0.15) is 5.10 Å². The number of aryl methyl sites for hydroxylation is 1. The molecule has 0 fully saturated rings. The third-order valence-electron chi connectivity index (χ3n) is 3.43. The van der Waals surface area contributed by atoms with Gasteiger partial charge in [0.15, 0.2) is 0 Å². The molecule has 3 N–H and O–H groups in total. The fourth-order valence-electron chi connectivity index (χ4n) is 2.33. The summed E-state index contributed by atoms with van der Waals surface area (Å²) in [6, 6.07) is 11.3. The summed E-state index contributed by atoms with van der Waals surface area (Å²) in [5.74, 6) is -0.780. The number of carbonyl (C=O) groups is 2. The third kappa shape index (κ3) is 3.52. The molecule has 0 radical (unpaired) electrons. The van der Waals surface area contributed by atoms with Crippen LogP contribution in [-0.2, 0) is 18.3 Å². The van der Waals surface area contributed by atoms with E-state index in [1.165, 1.54) is 11.3 Å². The van der Waals surface area contributed by atoms with Crippen molar-refractivity contribution in [3.05, 3.63) is 59.9 Å². The van der Waals surface area contributed by atoms with Gasteiger partial charge in [0, 0.05) is 18.1 Å². The van der Waals surface area contributed by atoms with E-state index in [1.54, 1.807) is 30.2 Å². The minimum Gasteiger partial charge on any atom is -0.366 e. The first-order valence-electron chi connectivity index (χ1n) is 7.29. The van der Waals surface area contributed by atoms with Crippen molar-refractivity contribution < 1.29 is 9.59 Å². The van der Waals surface area contributed by atoms with E-state index >= 15 is 0 Å². The first-order valence-corrected chi connectivity index (χ1v) is 8.11. The van der Waals surface area contributed by atoms with Crippen molar-refractivity contribution in [2.24, 2.45) is 12.8 Å².